The molecule has 162 valence electrons. The van der Waals surface area contributed by atoms with Crippen LogP contribution >= 0.6 is 0 Å². The molecule has 0 atom stereocenters. The largest absolute Gasteiger partial charge is 0.493 e. The molecule has 7 nitrogen and oxygen atoms in total. The number of nitrogens with zero attached hydrogens (tertiary/aromatic N) is 1. The molecule has 0 radical (unpaired) electrons. The van der Waals surface area contributed by atoms with Crippen LogP contribution in [0.4, 0.5) is 11.4 Å². The number of hydrogen-bond donors (Lipinski definition) is 1. The lowest BCUT2D eigenvalue weighted by atomic mass is 9.99. The van der Waals surface area contributed by atoms with Gasteiger partial charge in [0.05, 0.1) is 31.6 Å². The van der Waals surface area contributed by atoms with Gasteiger partial charge in [-0.2, -0.15) is 0 Å². The second-order valence-corrected chi connectivity index (χ2v) is 8.98. The average Bonchev–Trinajstić information content (AvgIpc) is 3.07. The lowest BCUT2D eigenvalue weighted by molar-refractivity contribution is 0.0993. The van der Waals surface area contributed by atoms with E-state index in [9.17, 15) is 13.2 Å². The first kappa shape index (κ1) is 21.0. The van der Waals surface area contributed by atoms with E-state index in [1.54, 1.807) is 29.2 Å². The lowest BCUT2D eigenvalue weighted by Gasteiger charge is -2.16. The summed E-state index contributed by atoms with van der Waals surface area (Å²) >= 11 is 0. The summed E-state index contributed by atoms with van der Waals surface area (Å²) in [6, 6.07) is 14.5. The molecule has 4 rings (SSSR count). The van der Waals surface area contributed by atoms with Crippen LogP contribution in [-0.4, -0.2) is 33.8 Å². The third-order valence-electron chi connectivity index (χ3n) is 5.05. The molecular weight excluding hydrogens is 416 g/mol. The quantitative estimate of drug-likeness (QED) is 0.596. The van der Waals surface area contributed by atoms with Crippen molar-refractivity contribution >= 4 is 38.1 Å². The highest BCUT2D eigenvalue weighted by Crippen LogP contribution is 2.46. The van der Waals surface area contributed by atoms with Crippen molar-refractivity contribution in [3.63, 3.8) is 0 Å². The third-order valence-corrected chi connectivity index (χ3v) is 5.66. The van der Waals surface area contributed by atoms with Gasteiger partial charge in [-0.25, -0.2) is 8.42 Å². The molecule has 0 unspecified atom stereocenters. The van der Waals surface area contributed by atoms with Crippen LogP contribution in [0.3, 0.4) is 0 Å². The number of carbonyl (C=O) groups is 1. The number of anilines is 2. The Morgan fingerprint density at radius 2 is 1.52 bits per heavy atom. The highest BCUT2D eigenvalue weighted by atomic mass is 32.2. The molecule has 0 aromatic heterocycles. The molecular formula is C23H24N2O5S. The van der Waals surface area contributed by atoms with Crippen molar-refractivity contribution in [3.8, 4) is 11.5 Å². The molecule has 8 heteroatoms. The third kappa shape index (κ3) is 3.90. The SMILES string of the molecule is CCOc1c2c(c(OCC)c3ccccc13)C(=O)N(c1ccc(NS(C)(=O)=O)cc1)C2. The molecule has 31 heavy (non-hydrogen) atoms. The number of carbonyl (C=O) groups excluding carboxylic acids is 1. The van der Waals surface area contributed by atoms with Crippen molar-refractivity contribution in [1.82, 2.24) is 0 Å². The van der Waals surface area contributed by atoms with E-state index in [4.69, 9.17) is 9.47 Å². The van der Waals surface area contributed by atoms with E-state index in [1.165, 1.54) is 0 Å². The molecule has 0 bridgehead atoms. The van der Waals surface area contributed by atoms with Crippen molar-refractivity contribution in [2.45, 2.75) is 20.4 Å². The normalized spacial score (nSPS) is 13.4. The van der Waals surface area contributed by atoms with E-state index in [1.807, 2.05) is 38.1 Å². The fourth-order valence-electron chi connectivity index (χ4n) is 3.90. The van der Waals surface area contributed by atoms with Gasteiger partial charge in [-0.1, -0.05) is 24.3 Å². The number of hydrogen-bond acceptors (Lipinski definition) is 5. The van der Waals surface area contributed by atoms with Crippen molar-refractivity contribution in [1.29, 1.82) is 0 Å². The number of rotatable bonds is 7. The summed E-state index contributed by atoms with van der Waals surface area (Å²) in [4.78, 5) is 15.1. The van der Waals surface area contributed by atoms with Gasteiger partial charge in [-0.3, -0.25) is 9.52 Å². The Balaban J connectivity index is 1.81. The molecule has 0 spiro atoms. The van der Waals surface area contributed by atoms with Crippen molar-refractivity contribution in [2.75, 3.05) is 29.1 Å². The first-order valence-electron chi connectivity index (χ1n) is 10.1. The second kappa shape index (κ2) is 8.11. The van der Waals surface area contributed by atoms with Crippen LogP contribution in [0, 0.1) is 0 Å². The summed E-state index contributed by atoms with van der Waals surface area (Å²) in [5.74, 6) is 1.09. The zero-order valence-electron chi connectivity index (χ0n) is 17.6. The maximum atomic E-state index is 13.5. The van der Waals surface area contributed by atoms with E-state index < -0.39 is 10.0 Å². The Morgan fingerprint density at radius 3 is 2.10 bits per heavy atom. The fraction of sp³-hybridized carbons (Fsp3) is 0.261. The molecule has 0 saturated heterocycles. The van der Waals surface area contributed by atoms with Gasteiger partial charge in [0.2, 0.25) is 10.0 Å². The summed E-state index contributed by atoms with van der Waals surface area (Å²) in [7, 11) is -3.37. The van der Waals surface area contributed by atoms with Gasteiger partial charge in [0.25, 0.3) is 5.91 Å². The van der Waals surface area contributed by atoms with E-state index in [0.29, 0.717) is 48.2 Å². The van der Waals surface area contributed by atoms with Crippen LogP contribution in [0.1, 0.15) is 29.8 Å². The minimum Gasteiger partial charge on any atom is -0.493 e. The predicted molar refractivity (Wildman–Crippen MR) is 122 cm³/mol. The van der Waals surface area contributed by atoms with E-state index in [-0.39, 0.29) is 5.91 Å². The van der Waals surface area contributed by atoms with E-state index in [0.717, 1.165) is 22.6 Å². The van der Waals surface area contributed by atoms with E-state index >= 15 is 0 Å². The van der Waals surface area contributed by atoms with Crippen molar-refractivity contribution < 1.29 is 22.7 Å². The highest BCUT2D eigenvalue weighted by molar-refractivity contribution is 7.92. The molecule has 1 aliphatic rings. The van der Waals surface area contributed by atoms with E-state index in [2.05, 4.69) is 4.72 Å². The Bertz CT molecular complexity index is 1250. The van der Waals surface area contributed by atoms with Gasteiger partial charge in [0.1, 0.15) is 11.5 Å². The topological polar surface area (TPSA) is 84.9 Å². The second-order valence-electron chi connectivity index (χ2n) is 7.24. The summed E-state index contributed by atoms with van der Waals surface area (Å²) in [5, 5.41) is 1.75. The maximum absolute atomic E-state index is 13.5. The number of ether oxygens (including phenoxy) is 2. The van der Waals surface area contributed by atoms with Crippen LogP contribution in [-0.2, 0) is 16.6 Å². The molecule has 0 saturated carbocycles. The number of fused-ring (bicyclic) bond motifs is 2. The average molecular weight is 441 g/mol. The van der Waals surface area contributed by atoms with Gasteiger partial charge in [0.15, 0.2) is 0 Å². The number of amides is 1. The molecule has 0 aliphatic carbocycles. The van der Waals surface area contributed by atoms with Crippen LogP contribution < -0.4 is 19.1 Å². The summed E-state index contributed by atoms with van der Waals surface area (Å²) < 4.78 is 37.3. The standard InChI is InChI=1S/C23H24N2O5S/c1-4-29-21-17-8-6-7-9-18(17)22(30-5-2)20-19(21)14-25(23(20)26)16-12-10-15(11-13-16)24-31(3,27)28/h6-13,24H,4-5,14H2,1-3H3. The van der Waals surface area contributed by atoms with Crippen LogP contribution in [0.25, 0.3) is 10.8 Å². The monoisotopic (exact) mass is 440 g/mol. The van der Waals surface area contributed by atoms with Crippen LogP contribution in [0.2, 0.25) is 0 Å². The zero-order chi connectivity index (χ0) is 22.2. The van der Waals surface area contributed by atoms with Crippen molar-refractivity contribution in [2.24, 2.45) is 0 Å². The Morgan fingerprint density at radius 1 is 0.935 bits per heavy atom. The van der Waals surface area contributed by atoms with Gasteiger partial charge in [-0.15, -0.1) is 0 Å². The summed E-state index contributed by atoms with van der Waals surface area (Å²) in [6.45, 7) is 5.06. The maximum Gasteiger partial charge on any atom is 0.262 e. The van der Waals surface area contributed by atoms with Crippen LogP contribution in [0.15, 0.2) is 48.5 Å². The number of sulfonamides is 1. The van der Waals surface area contributed by atoms with Gasteiger partial charge in [0, 0.05) is 27.7 Å². The fourth-order valence-corrected chi connectivity index (χ4v) is 4.47. The van der Waals surface area contributed by atoms with Crippen molar-refractivity contribution in [3.05, 3.63) is 59.7 Å². The van der Waals surface area contributed by atoms with Crippen LogP contribution in [0.5, 0.6) is 11.5 Å². The predicted octanol–water partition coefficient (Wildman–Crippen LogP) is 4.17. The molecule has 1 aliphatic heterocycles. The smallest absolute Gasteiger partial charge is 0.262 e. The molecule has 3 aromatic carbocycles. The Labute approximate surface area is 181 Å². The molecule has 0 fully saturated rings. The zero-order valence-corrected chi connectivity index (χ0v) is 18.5. The van der Waals surface area contributed by atoms with Gasteiger partial charge in [-0.05, 0) is 38.1 Å². The van der Waals surface area contributed by atoms with Gasteiger partial charge < -0.3 is 14.4 Å². The minimum absolute atomic E-state index is 0.172. The Hall–Kier alpha value is -3.26. The van der Waals surface area contributed by atoms with Gasteiger partial charge >= 0.3 is 0 Å². The first-order chi connectivity index (χ1) is 14.8. The Kier molecular flexibility index (Phi) is 5.49. The minimum atomic E-state index is -3.37. The lowest BCUT2D eigenvalue weighted by Crippen LogP contribution is -2.23. The molecule has 3 aromatic rings. The molecule has 1 amide bonds. The number of benzene rings is 3. The number of nitrogens with one attached hydrogen (secondary N) is 1. The molecule has 1 heterocycles. The highest BCUT2D eigenvalue weighted by Gasteiger charge is 2.36. The first-order valence-corrected chi connectivity index (χ1v) is 12.0. The summed E-state index contributed by atoms with van der Waals surface area (Å²) in [5.41, 5.74) is 2.41. The molecule has 1 N–H and O–H groups in total. The summed E-state index contributed by atoms with van der Waals surface area (Å²) in [6.07, 6.45) is 1.09.